The van der Waals surface area contributed by atoms with Crippen molar-refractivity contribution in [3.63, 3.8) is 0 Å². The van der Waals surface area contributed by atoms with Gasteiger partial charge in [0.2, 0.25) is 0 Å². The summed E-state index contributed by atoms with van der Waals surface area (Å²) in [6.07, 6.45) is 0.416. The molecule has 0 saturated carbocycles. The van der Waals surface area contributed by atoms with E-state index >= 15 is 0 Å². The second-order valence-corrected chi connectivity index (χ2v) is 10.2. The number of hydrogen-bond donors (Lipinski definition) is 0. The summed E-state index contributed by atoms with van der Waals surface area (Å²) in [5.41, 5.74) is 0.814. The molecule has 0 spiro atoms. The van der Waals surface area contributed by atoms with E-state index in [0.29, 0.717) is 23.7 Å². The first kappa shape index (κ1) is 22.4. The van der Waals surface area contributed by atoms with Gasteiger partial charge in [-0.3, -0.25) is 4.79 Å². The first-order valence-corrected chi connectivity index (χ1v) is 12.0. The highest BCUT2D eigenvalue weighted by Gasteiger charge is 2.35. The van der Waals surface area contributed by atoms with E-state index in [2.05, 4.69) is 15.9 Å². The van der Waals surface area contributed by atoms with Crippen molar-refractivity contribution in [1.82, 2.24) is 4.90 Å². The van der Waals surface area contributed by atoms with Crippen LogP contribution in [0.15, 0.2) is 46.9 Å². The Balaban J connectivity index is 1.78. The lowest BCUT2D eigenvalue weighted by atomic mass is 10.1. The molecule has 2 aromatic carbocycles. The highest BCUT2D eigenvalue weighted by atomic mass is 79.9. The second kappa shape index (κ2) is 9.70. The Kier molecular flexibility index (Phi) is 7.25. The molecule has 1 saturated heterocycles. The lowest BCUT2D eigenvalue weighted by molar-refractivity contribution is -0.136. The third-order valence-electron chi connectivity index (χ3n) is 4.95. The Bertz CT molecular complexity index is 993. The molecule has 1 aliphatic heterocycles. The molecule has 1 aliphatic rings. The van der Waals surface area contributed by atoms with Crippen LogP contribution in [-0.4, -0.2) is 57.6 Å². The van der Waals surface area contributed by atoms with E-state index in [0.717, 1.165) is 10.0 Å². The van der Waals surface area contributed by atoms with Crippen LogP contribution in [0.25, 0.3) is 0 Å². The summed E-state index contributed by atoms with van der Waals surface area (Å²) in [6, 6.07) is 12.2. The number of ether oxygens (including phenoxy) is 3. The fraction of sp³-hybridized carbons (Fsp3) is 0.381. The number of benzene rings is 2. The van der Waals surface area contributed by atoms with Crippen LogP contribution in [0.2, 0.25) is 0 Å². The van der Waals surface area contributed by atoms with Gasteiger partial charge in [-0.1, -0.05) is 22.0 Å². The number of halogens is 1. The summed E-state index contributed by atoms with van der Waals surface area (Å²) in [4.78, 5) is 14.6. The lowest BCUT2D eigenvalue weighted by Gasteiger charge is -2.28. The second-order valence-electron chi connectivity index (χ2n) is 7.01. The molecule has 162 valence electrons. The molecule has 0 aliphatic carbocycles. The minimum atomic E-state index is -3.15. The van der Waals surface area contributed by atoms with Crippen molar-refractivity contribution in [3.05, 3.63) is 52.5 Å². The van der Waals surface area contributed by atoms with Crippen LogP contribution in [0, 0.1) is 0 Å². The van der Waals surface area contributed by atoms with Crippen LogP contribution in [-0.2, 0) is 21.2 Å². The SMILES string of the molecule is COc1ccc(CN(C(=O)COc2ccc(Br)cc2)C2CCS(=O)(=O)C2)cc1OC. The highest BCUT2D eigenvalue weighted by Crippen LogP contribution is 2.29. The average Bonchev–Trinajstić information content (AvgIpc) is 3.10. The molecule has 1 heterocycles. The van der Waals surface area contributed by atoms with E-state index < -0.39 is 9.84 Å². The number of rotatable bonds is 8. The number of nitrogens with zero attached hydrogens (tertiary/aromatic N) is 1. The monoisotopic (exact) mass is 497 g/mol. The third-order valence-corrected chi connectivity index (χ3v) is 7.23. The topological polar surface area (TPSA) is 82.1 Å². The minimum absolute atomic E-state index is 0.0374. The van der Waals surface area contributed by atoms with Crippen molar-refractivity contribution < 1.29 is 27.4 Å². The van der Waals surface area contributed by atoms with Gasteiger partial charge >= 0.3 is 0 Å². The van der Waals surface area contributed by atoms with Gasteiger partial charge in [0.15, 0.2) is 27.9 Å². The molecule has 1 unspecified atom stereocenters. The van der Waals surface area contributed by atoms with Crippen molar-refractivity contribution in [2.45, 2.75) is 19.0 Å². The van der Waals surface area contributed by atoms with Crippen LogP contribution in [0.1, 0.15) is 12.0 Å². The predicted molar refractivity (Wildman–Crippen MR) is 117 cm³/mol. The molecule has 0 N–H and O–H groups in total. The zero-order valence-corrected chi connectivity index (χ0v) is 19.2. The first-order valence-electron chi connectivity index (χ1n) is 9.40. The Hall–Kier alpha value is -2.26. The molecule has 0 aromatic heterocycles. The van der Waals surface area contributed by atoms with Gasteiger partial charge in [-0.15, -0.1) is 0 Å². The number of carbonyl (C=O) groups excluding carboxylic acids is 1. The van der Waals surface area contributed by atoms with Crippen molar-refractivity contribution in [1.29, 1.82) is 0 Å². The van der Waals surface area contributed by atoms with Crippen molar-refractivity contribution >= 4 is 31.7 Å². The summed E-state index contributed by atoms with van der Waals surface area (Å²) in [5, 5.41) is 0. The molecular formula is C21H24BrNO6S. The van der Waals surface area contributed by atoms with E-state index in [4.69, 9.17) is 14.2 Å². The molecule has 2 aromatic rings. The summed E-state index contributed by atoms with van der Waals surface area (Å²) >= 11 is 3.36. The molecule has 0 radical (unpaired) electrons. The number of hydrogen-bond acceptors (Lipinski definition) is 6. The third kappa shape index (κ3) is 5.66. The van der Waals surface area contributed by atoms with Gasteiger partial charge in [-0.2, -0.15) is 0 Å². The average molecular weight is 498 g/mol. The largest absolute Gasteiger partial charge is 0.493 e. The smallest absolute Gasteiger partial charge is 0.261 e. The number of amides is 1. The zero-order valence-electron chi connectivity index (χ0n) is 16.8. The standard InChI is InChI=1S/C21H24BrNO6S/c1-27-19-8-3-15(11-20(19)28-2)12-23(17-9-10-30(25,26)14-17)21(24)13-29-18-6-4-16(22)5-7-18/h3-8,11,17H,9-10,12-14H2,1-2H3. The lowest BCUT2D eigenvalue weighted by Crippen LogP contribution is -2.43. The quantitative estimate of drug-likeness (QED) is 0.557. The summed E-state index contributed by atoms with van der Waals surface area (Å²) in [6.45, 7) is 0.0779. The molecule has 1 amide bonds. The van der Waals surface area contributed by atoms with E-state index in [1.807, 2.05) is 18.2 Å². The van der Waals surface area contributed by atoms with Gasteiger partial charge in [0.25, 0.3) is 5.91 Å². The summed E-state index contributed by atoms with van der Waals surface area (Å²) < 4.78 is 41.1. The Labute approximate surface area is 185 Å². The van der Waals surface area contributed by atoms with E-state index in [9.17, 15) is 13.2 Å². The van der Waals surface area contributed by atoms with Crippen LogP contribution in [0.3, 0.4) is 0 Å². The fourth-order valence-corrected chi connectivity index (χ4v) is 5.37. The van der Waals surface area contributed by atoms with Gasteiger partial charge in [0, 0.05) is 17.1 Å². The first-order chi connectivity index (χ1) is 14.3. The molecule has 1 fully saturated rings. The Morgan fingerprint density at radius 3 is 2.40 bits per heavy atom. The molecule has 30 heavy (non-hydrogen) atoms. The van der Waals surface area contributed by atoms with Crippen molar-refractivity contribution in [2.75, 3.05) is 32.3 Å². The van der Waals surface area contributed by atoms with Gasteiger partial charge in [-0.25, -0.2) is 8.42 Å². The maximum Gasteiger partial charge on any atom is 0.261 e. The van der Waals surface area contributed by atoms with E-state index in [1.54, 1.807) is 43.4 Å². The van der Waals surface area contributed by atoms with E-state index in [-0.39, 0.29) is 36.6 Å². The zero-order chi connectivity index (χ0) is 21.7. The van der Waals surface area contributed by atoms with Gasteiger partial charge < -0.3 is 19.1 Å². The minimum Gasteiger partial charge on any atom is -0.493 e. The van der Waals surface area contributed by atoms with Gasteiger partial charge in [0.1, 0.15) is 5.75 Å². The number of carbonyl (C=O) groups is 1. The van der Waals surface area contributed by atoms with Crippen LogP contribution in [0.4, 0.5) is 0 Å². The Morgan fingerprint density at radius 1 is 1.10 bits per heavy atom. The highest BCUT2D eigenvalue weighted by molar-refractivity contribution is 9.10. The van der Waals surface area contributed by atoms with Crippen LogP contribution >= 0.6 is 15.9 Å². The Morgan fingerprint density at radius 2 is 1.80 bits per heavy atom. The number of sulfone groups is 1. The van der Waals surface area contributed by atoms with Crippen molar-refractivity contribution in [2.24, 2.45) is 0 Å². The molecule has 7 nitrogen and oxygen atoms in total. The normalized spacial score (nSPS) is 17.4. The molecule has 3 rings (SSSR count). The van der Waals surface area contributed by atoms with Gasteiger partial charge in [0.05, 0.1) is 25.7 Å². The maximum absolute atomic E-state index is 13.0. The number of methoxy groups -OCH3 is 2. The molecule has 9 heteroatoms. The van der Waals surface area contributed by atoms with Crippen molar-refractivity contribution in [3.8, 4) is 17.2 Å². The predicted octanol–water partition coefficient (Wildman–Crippen LogP) is 3.06. The maximum atomic E-state index is 13.0. The summed E-state index contributed by atoms with van der Waals surface area (Å²) in [5.74, 6) is 1.48. The van der Waals surface area contributed by atoms with Gasteiger partial charge in [-0.05, 0) is 48.4 Å². The van der Waals surface area contributed by atoms with E-state index in [1.165, 1.54) is 0 Å². The molecule has 0 bridgehead atoms. The van der Waals surface area contributed by atoms with Crippen LogP contribution < -0.4 is 14.2 Å². The summed E-state index contributed by atoms with van der Waals surface area (Å²) in [7, 11) is -0.0527. The van der Waals surface area contributed by atoms with Crippen LogP contribution in [0.5, 0.6) is 17.2 Å². The molecular weight excluding hydrogens is 474 g/mol. The molecule has 1 atom stereocenters. The fourth-order valence-electron chi connectivity index (χ4n) is 3.38.